The smallest absolute Gasteiger partial charge is 0.293 e. The van der Waals surface area contributed by atoms with Gasteiger partial charge in [-0.1, -0.05) is 54.1 Å². The second-order valence-electron chi connectivity index (χ2n) is 7.87. The first-order valence-corrected chi connectivity index (χ1v) is 13.3. The molecule has 1 aliphatic heterocycles. The van der Waals surface area contributed by atoms with Crippen LogP contribution >= 0.6 is 46.0 Å². The highest BCUT2D eigenvalue weighted by Gasteiger charge is 2.34. The van der Waals surface area contributed by atoms with Gasteiger partial charge in [-0.15, -0.1) is 0 Å². The fourth-order valence-corrected chi connectivity index (χ4v) is 5.13. The van der Waals surface area contributed by atoms with Gasteiger partial charge in [-0.3, -0.25) is 14.5 Å². The first kappa shape index (κ1) is 25.6. The Hall–Kier alpha value is -2.49. The molecule has 35 heavy (non-hydrogen) atoms. The molecule has 0 aromatic heterocycles. The van der Waals surface area contributed by atoms with Crippen LogP contribution in [0.15, 0.2) is 71.6 Å². The van der Waals surface area contributed by atoms with Crippen LogP contribution in [-0.2, 0) is 17.8 Å². The molecule has 0 radical (unpaired) electrons. The van der Waals surface area contributed by atoms with Crippen molar-refractivity contribution in [2.45, 2.75) is 19.4 Å². The fraction of sp³-hybridized carbons (Fsp3) is 0.185. The summed E-state index contributed by atoms with van der Waals surface area (Å²) in [6.07, 6.45) is 3.18. The van der Waals surface area contributed by atoms with E-state index in [9.17, 15) is 9.59 Å². The number of halogens is 2. The molecular weight excluding hydrogens is 597 g/mol. The zero-order valence-electron chi connectivity index (χ0n) is 19.0. The highest BCUT2D eigenvalue weighted by molar-refractivity contribution is 14.1. The Kier molecular flexibility index (Phi) is 8.75. The van der Waals surface area contributed by atoms with E-state index in [0.717, 1.165) is 27.3 Å². The maximum absolute atomic E-state index is 12.9. The Bertz CT molecular complexity index is 1250. The van der Waals surface area contributed by atoms with E-state index in [1.807, 2.05) is 54.6 Å². The molecule has 1 saturated heterocycles. The van der Waals surface area contributed by atoms with Gasteiger partial charge in [0.25, 0.3) is 11.1 Å². The number of thioether (sulfide) groups is 1. The van der Waals surface area contributed by atoms with Crippen molar-refractivity contribution < 1.29 is 19.1 Å². The minimum absolute atomic E-state index is 0.259. The van der Waals surface area contributed by atoms with Crippen molar-refractivity contribution in [2.24, 2.45) is 0 Å². The zero-order chi connectivity index (χ0) is 24.8. The van der Waals surface area contributed by atoms with Crippen molar-refractivity contribution in [1.82, 2.24) is 4.90 Å². The second kappa shape index (κ2) is 12.0. The summed E-state index contributed by atoms with van der Waals surface area (Å²) >= 11 is 9.70. The second-order valence-corrected chi connectivity index (χ2v) is 10.5. The Morgan fingerprint density at radius 3 is 2.49 bits per heavy atom. The van der Waals surface area contributed by atoms with Gasteiger partial charge in [0.2, 0.25) is 0 Å². The molecule has 4 rings (SSSR count). The van der Waals surface area contributed by atoms with Gasteiger partial charge in [0.1, 0.15) is 6.61 Å². The van der Waals surface area contributed by atoms with Crippen molar-refractivity contribution >= 4 is 63.2 Å². The van der Waals surface area contributed by atoms with Gasteiger partial charge >= 0.3 is 0 Å². The van der Waals surface area contributed by atoms with Crippen molar-refractivity contribution in [2.75, 3.05) is 13.7 Å². The number of imide groups is 1. The molecule has 0 saturated carbocycles. The lowest BCUT2D eigenvalue weighted by Gasteiger charge is -2.14. The van der Waals surface area contributed by atoms with Crippen molar-refractivity contribution in [1.29, 1.82) is 0 Å². The van der Waals surface area contributed by atoms with Gasteiger partial charge in [0.15, 0.2) is 11.5 Å². The van der Waals surface area contributed by atoms with E-state index in [1.54, 1.807) is 18.2 Å². The number of amides is 2. The lowest BCUT2D eigenvalue weighted by molar-refractivity contribution is -0.122. The lowest BCUT2D eigenvalue weighted by Crippen LogP contribution is -2.29. The zero-order valence-corrected chi connectivity index (χ0v) is 22.7. The third-order valence-electron chi connectivity index (χ3n) is 5.41. The minimum Gasteiger partial charge on any atom is -0.493 e. The van der Waals surface area contributed by atoms with E-state index in [0.29, 0.717) is 46.6 Å². The first-order chi connectivity index (χ1) is 16.9. The number of hydrogen-bond donors (Lipinski definition) is 0. The SMILES string of the molecule is COc1cc(/C=C2/SC(=O)N(CCCc3ccccc3)C2=O)cc(Cl)c1OCc1ccc(I)cc1. The van der Waals surface area contributed by atoms with E-state index in [4.69, 9.17) is 21.1 Å². The average molecular weight is 620 g/mol. The summed E-state index contributed by atoms with van der Waals surface area (Å²) < 4.78 is 12.6. The molecule has 2 amide bonds. The predicted molar refractivity (Wildman–Crippen MR) is 149 cm³/mol. The first-order valence-electron chi connectivity index (χ1n) is 11.0. The number of hydrogen-bond acceptors (Lipinski definition) is 5. The lowest BCUT2D eigenvalue weighted by atomic mass is 10.1. The van der Waals surface area contributed by atoms with Crippen LogP contribution in [0.4, 0.5) is 4.79 Å². The molecule has 0 aliphatic carbocycles. The molecule has 0 bridgehead atoms. The molecule has 1 heterocycles. The Morgan fingerprint density at radius 2 is 1.77 bits per heavy atom. The molecule has 0 unspecified atom stereocenters. The number of nitrogens with zero attached hydrogens (tertiary/aromatic N) is 1. The van der Waals surface area contributed by atoms with Gasteiger partial charge < -0.3 is 9.47 Å². The molecular formula is C27H23ClINO4S. The van der Waals surface area contributed by atoms with Crippen LogP contribution in [0.2, 0.25) is 5.02 Å². The number of benzene rings is 3. The number of ether oxygens (including phenoxy) is 2. The number of methoxy groups -OCH3 is 1. The maximum Gasteiger partial charge on any atom is 0.293 e. The summed E-state index contributed by atoms with van der Waals surface area (Å²) in [5, 5.41) is 0.105. The molecule has 8 heteroatoms. The van der Waals surface area contributed by atoms with Crippen LogP contribution in [0.3, 0.4) is 0 Å². The third kappa shape index (κ3) is 6.59. The van der Waals surface area contributed by atoms with E-state index in [2.05, 4.69) is 22.6 Å². The molecule has 0 N–H and O–H groups in total. The van der Waals surface area contributed by atoms with E-state index in [1.165, 1.54) is 17.6 Å². The van der Waals surface area contributed by atoms with E-state index in [-0.39, 0.29) is 11.1 Å². The monoisotopic (exact) mass is 619 g/mol. The van der Waals surface area contributed by atoms with Crippen LogP contribution in [-0.4, -0.2) is 29.7 Å². The Balaban J connectivity index is 1.44. The van der Waals surface area contributed by atoms with E-state index >= 15 is 0 Å². The van der Waals surface area contributed by atoms with Crippen LogP contribution < -0.4 is 9.47 Å². The molecule has 3 aromatic rings. The minimum atomic E-state index is -0.290. The van der Waals surface area contributed by atoms with Crippen LogP contribution in [0.1, 0.15) is 23.1 Å². The van der Waals surface area contributed by atoms with Crippen LogP contribution in [0, 0.1) is 3.57 Å². The molecule has 0 spiro atoms. The summed E-state index contributed by atoms with van der Waals surface area (Å²) in [6.45, 7) is 0.723. The Labute approximate surface area is 227 Å². The summed E-state index contributed by atoms with van der Waals surface area (Å²) in [5.41, 5.74) is 2.85. The topological polar surface area (TPSA) is 55.8 Å². The molecule has 3 aromatic carbocycles. The molecule has 180 valence electrons. The Morgan fingerprint density at radius 1 is 1.03 bits per heavy atom. The molecule has 1 aliphatic rings. The third-order valence-corrected chi connectivity index (χ3v) is 7.32. The summed E-state index contributed by atoms with van der Waals surface area (Å²) in [4.78, 5) is 27.0. The quantitative estimate of drug-likeness (QED) is 0.187. The standard InChI is InChI=1S/C27H23ClINO4S/c1-33-23-15-20(14-22(28)25(23)34-17-19-9-11-21(29)12-10-19)16-24-26(31)30(27(32)35-24)13-5-8-18-6-3-2-4-7-18/h2-4,6-7,9-12,14-16H,5,8,13,17H2,1H3/b24-16+. The summed E-state index contributed by atoms with van der Waals surface area (Å²) in [6, 6.07) is 21.5. The highest BCUT2D eigenvalue weighted by Crippen LogP contribution is 2.39. The van der Waals surface area contributed by atoms with Crippen molar-refractivity contribution in [3.63, 3.8) is 0 Å². The molecule has 5 nitrogen and oxygen atoms in total. The van der Waals surface area contributed by atoms with Gasteiger partial charge in [0.05, 0.1) is 17.0 Å². The van der Waals surface area contributed by atoms with Gasteiger partial charge in [-0.05, 0) is 94.2 Å². The number of aryl methyl sites for hydroxylation is 1. The van der Waals surface area contributed by atoms with Crippen LogP contribution in [0.5, 0.6) is 11.5 Å². The van der Waals surface area contributed by atoms with Crippen molar-refractivity contribution in [3.05, 3.63) is 96.9 Å². The van der Waals surface area contributed by atoms with Gasteiger partial charge in [-0.25, -0.2) is 0 Å². The average Bonchev–Trinajstić information content (AvgIpc) is 3.12. The van der Waals surface area contributed by atoms with Crippen molar-refractivity contribution in [3.8, 4) is 11.5 Å². The molecule has 0 atom stereocenters. The van der Waals surface area contributed by atoms with Gasteiger partial charge in [0, 0.05) is 10.1 Å². The molecule has 1 fully saturated rings. The summed E-state index contributed by atoms with van der Waals surface area (Å²) in [5.74, 6) is 0.595. The fourth-order valence-electron chi connectivity index (χ4n) is 3.63. The number of carbonyl (C=O) groups excluding carboxylic acids is 2. The van der Waals surface area contributed by atoms with E-state index < -0.39 is 0 Å². The predicted octanol–water partition coefficient (Wildman–Crippen LogP) is 7.20. The number of rotatable bonds is 9. The summed E-state index contributed by atoms with van der Waals surface area (Å²) in [7, 11) is 1.54. The highest BCUT2D eigenvalue weighted by atomic mass is 127. The number of carbonyl (C=O) groups is 2. The maximum atomic E-state index is 12.9. The largest absolute Gasteiger partial charge is 0.493 e. The normalized spacial score (nSPS) is 14.6. The van der Waals surface area contributed by atoms with Crippen LogP contribution in [0.25, 0.3) is 6.08 Å². The van der Waals surface area contributed by atoms with Gasteiger partial charge in [-0.2, -0.15) is 0 Å².